The number of rotatable bonds is 1. The van der Waals surface area contributed by atoms with Crippen LogP contribution in [0.5, 0.6) is 0 Å². The number of nitrogens with zero attached hydrogens (tertiary/aromatic N) is 2. The first kappa shape index (κ1) is 8.10. The zero-order valence-electron chi connectivity index (χ0n) is 6.47. The maximum absolute atomic E-state index is 13.0. The average Bonchev–Trinajstić information content (AvgIpc) is 2.47. The Morgan fingerprint density at radius 1 is 1.31 bits per heavy atom. The second-order valence-electron chi connectivity index (χ2n) is 2.59. The fraction of sp³-hybridized carbons (Fsp3) is 0.125. The SMILES string of the molecule is FCn1cnc2c(F)cc(F)cc21. The summed E-state index contributed by atoms with van der Waals surface area (Å²) < 4.78 is 38.9. The van der Waals surface area contributed by atoms with E-state index in [2.05, 4.69) is 4.98 Å². The summed E-state index contributed by atoms with van der Waals surface area (Å²) in [5, 5.41) is 0. The molecule has 0 bridgehead atoms. The minimum absolute atomic E-state index is 0.0148. The van der Waals surface area contributed by atoms with E-state index < -0.39 is 18.4 Å². The normalized spacial score (nSPS) is 11.0. The van der Waals surface area contributed by atoms with Crippen molar-refractivity contribution in [2.24, 2.45) is 0 Å². The van der Waals surface area contributed by atoms with E-state index in [1.807, 2.05) is 0 Å². The molecule has 0 aliphatic heterocycles. The van der Waals surface area contributed by atoms with Gasteiger partial charge in [0, 0.05) is 12.1 Å². The van der Waals surface area contributed by atoms with Gasteiger partial charge in [-0.2, -0.15) is 0 Å². The van der Waals surface area contributed by atoms with Crippen LogP contribution >= 0.6 is 0 Å². The monoisotopic (exact) mass is 186 g/mol. The highest BCUT2D eigenvalue weighted by Gasteiger charge is 2.08. The molecule has 0 unspecified atom stereocenters. The van der Waals surface area contributed by atoms with Crippen LogP contribution in [0.4, 0.5) is 13.2 Å². The molecule has 0 spiro atoms. The molecule has 0 saturated carbocycles. The number of hydrogen-bond donors (Lipinski definition) is 0. The number of aromatic nitrogens is 2. The molecular formula is C8H5F3N2. The van der Waals surface area contributed by atoms with Gasteiger partial charge in [-0.1, -0.05) is 0 Å². The summed E-state index contributed by atoms with van der Waals surface area (Å²) in [6.07, 6.45) is 1.13. The van der Waals surface area contributed by atoms with Gasteiger partial charge in [0.25, 0.3) is 0 Å². The van der Waals surface area contributed by atoms with Crippen molar-refractivity contribution in [3.05, 3.63) is 30.1 Å². The largest absolute Gasteiger partial charge is 0.301 e. The highest BCUT2D eigenvalue weighted by atomic mass is 19.1. The number of alkyl halides is 1. The fourth-order valence-electron chi connectivity index (χ4n) is 1.18. The second-order valence-corrected chi connectivity index (χ2v) is 2.59. The Labute approximate surface area is 71.6 Å². The van der Waals surface area contributed by atoms with E-state index in [0.717, 1.165) is 23.0 Å². The zero-order chi connectivity index (χ0) is 9.42. The van der Waals surface area contributed by atoms with E-state index in [0.29, 0.717) is 0 Å². The lowest BCUT2D eigenvalue weighted by atomic mass is 10.3. The van der Waals surface area contributed by atoms with Crippen LogP contribution in [0.15, 0.2) is 18.5 Å². The molecule has 1 heterocycles. The Bertz CT molecular complexity index is 450. The van der Waals surface area contributed by atoms with Crippen LogP contribution in [-0.4, -0.2) is 9.55 Å². The van der Waals surface area contributed by atoms with E-state index in [-0.39, 0.29) is 11.0 Å². The van der Waals surface area contributed by atoms with Crippen LogP contribution in [0, 0.1) is 11.6 Å². The molecule has 1 aromatic carbocycles. The standard InChI is InChI=1S/C8H5F3N2/c9-3-13-4-12-8-6(11)1-5(10)2-7(8)13/h1-2,4H,3H2. The molecule has 2 rings (SSSR count). The van der Waals surface area contributed by atoms with Crippen molar-refractivity contribution < 1.29 is 13.2 Å². The van der Waals surface area contributed by atoms with Crippen molar-refractivity contribution in [1.82, 2.24) is 9.55 Å². The summed E-state index contributed by atoms with van der Waals surface area (Å²) in [4.78, 5) is 3.61. The summed E-state index contributed by atoms with van der Waals surface area (Å²) in [6.45, 7) is -0.848. The third-order valence-corrected chi connectivity index (χ3v) is 1.77. The number of imidazole rings is 1. The van der Waals surface area contributed by atoms with Crippen molar-refractivity contribution >= 4 is 11.0 Å². The molecule has 0 radical (unpaired) electrons. The smallest absolute Gasteiger partial charge is 0.166 e. The van der Waals surface area contributed by atoms with E-state index in [9.17, 15) is 13.2 Å². The molecule has 0 saturated heterocycles. The van der Waals surface area contributed by atoms with Gasteiger partial charge >= 0.3 is 0 Å². The summed E-state index contributed by atoms with van der Waals surface area (Å²) in [6, 6.07) is 1.77. The summed E-state index contributed by atoms with van der Waals surface area (Å²) >= 11 is 0. The molecule has 0 aliphatic carbocycles. The minimum Gasteiger partial charge on any atom is -0.301 e. The van der Waals surface area contributed by atoms with Crippen molar-refractivity contribution in [1.29, 1.82) is 0 Å². The van der Waals surface area contributed by atoms with Gasteiger partial charge in [-0.15, -0.1) is 0 Å². The predicted molar refractivity (Wildman–Crippen MR) is 40.8 cm³/mol. The Balaban J connectivity index is 2.82. The predicted octanol–water partition coefficient (Wildman–Crippen LogP) is 2.24. The lowest BCUT2D eigenvalue weighted by Gasteiger charge is -1.96. The topological polar surface area (TPSA) is 17.8 Å². The van der Waals surface area contributed by atoms with Crippen molar-refractivity contribution in [2.45, 2.75) is 6.80 Å². The first-order chi connectivity index (χ1) is 6.22. The van der Waals surface area contributed by atoms with Crippen LogP contribution in [0.3, 0.4) is 0 Å². The minimum atomic E-state index is -0.848. The third kappa shape index (κ3) is 1.16. The highest BCUT2D eigenvalue weighted by molar-refractivity contribution is 5.75. The number of halogens is 3. The van der Waals surface area contributed by atoms with E-state index in [4.69, 9.17) is 0 Å². The Kier molecular flexibility index (Phi) is 1.72. The Hall–Kier alpha value is -1.52. The maximum Gasteiger partial charge on any atom is 0.166 e. The Morgan fingerprint density at radius 3 is 2.77 bits per heavy atom. The van der Waals surface area contributed by atoms with Crippen LogP contribution in [0.2, 0.25) is 0 Å². The molecule has 68 valence electrons. The summed E-state index contributed by atoms with van der Waals surface area (Å²) in [5.41, 5.74) is 0.110. The Morgan fingerprint density at radius 2 is 2.08 bits per heavy atom. The molecule has 0 aliphatic rings. The van der Waals surface area contributed by atoms with Crippen LogP contribution in [0.1, 0.15) is 0 Å². The third-order valence-electron chi connectivity index (χ3n) is 1.77. The molecule has 0 amide bonds. The molecule has 0 fully saturated rings. The molecule has 0 atom stereocenters. The summed E-state index contributed by atoms with van der Waals surface area (Å²) in [7, 11) is 0. The van der Waals surface area contributed by atoms with Gasteiger partial charge in [0.1, 0.15) is 11.3 Å². The van der Waals surface area contributed by atoms with Gasteiger partial charge in [-0.05, 0) is 0 Å². The summed E-state index contributed by atoms with van der Waals surface area (Å²) in [5.74, 6) is -1.51. The fourth-order valence-corrected chi connectivity index (χ4v) is 1.18. The van der Waals surface area contributed by atoms with Crippen LogP contribution in [0.25, 0.3) is 11.0 Å². The first-order valence-electron chi connectivity index (χ1n) is 3.58. The molecular weight excluding hydrogens is 181 g/mol. The van der Waals surface area contributed by atoms with Gasteiger partial charge in [-0.25, -0.2) is 18.2 Å². The van der Waals surface area contributed by atoms with Crippen molar-refractivity contribution in [2.75, 3.05) is 0 Å². The van der Waals surface area contributed by atoms with Gasteiger partial charge in [0.15, 0.2) is 12.6 Å². The van der Waals surface area contributed by atoms with E-state index >= 15 is 0 Å². The lowest BCUT2D eigenvalue weighted by molar-refractivity contribution is 0.384. The van der Waals surface area contributed by atoms with E-state index in [1.165, 1.54) is 0 Å². The lowest BCUT2D eigenvalue weighted by Crippen LogP contribution is -1.90. The van der Waals surface area contributed by atoms with Gasteiger partial charge in [-0.3, -0.25) is 0 Å². The number of hydrogen-bond acceptors (Lipinski definition) is 1. The van der Waals surface area contributed by atoms with E-state index in [1.54, 1.807) is 0 Å². The van der Waals surface area contributed by atoms with Crippen LogP contribution in [-0.2, 0) is 6.80 Å². The van der Waals surface area contributed by atoms with Gasteiger partial charge in [0.05, 0.1) is 11.8 Å². The molecule has 1 aromatic heterocycles. The van der Waals surface area contributed by atoms with Gasteiger partial charge < -0.3 is 4.57 Å². The van der Waals surface area contributed by atoms with Crippen molar-refractivity contribution in [3.8, 4) is 0 Å². The van der Waals surface area contributed by atoms with Crippen LogP contribution < -0.4 is 0 Å². The number of benzene rings is 1. The molecule has 2 nitrogen and oxygen atoms in total. The second kappa shape index (κ2) is 2.76. The molecule has 5 heteroatoms. The number of fused-ring (bicyclic) bond motifs is 1. The molecule has 0 N–H and O–H groups in total. The zero-order valence-corrected chi connectivity index (χ0v) is 6.47. The maximum atomic E-state index is 13.0. The molecule has 13 heavy (non-hydrogen) atoms. The average molecular weight is 186 g/mol. The van der Waals surface area contributed by atoms with Crippen molar-refractivity contribution in [3.63, 3.8) is 0 Å². The highest BCUT2D eigenvalue weighted by Crippen LogP contribution is 2.18. The quantitative estimate of drug-likeness (QED) is 0.667. The first-order valence-corrected chi connectivity index (χ1v) is 3.58. The molecule has 2 aromatic rings. The van der Waals surface area contributed by atoms with Gasteiger partial charge in [0.2, 0.25) is 0 Å².